The first-order chi connectivity index (χ1) is 7.15. The molecule has 15 heavy (non-hydrogen) atoms. The van der Waals surface area contributed by atoms with Crippen LogP contribution in [0.1, 0.15) is 19.8 Å². The van der Waals surface area contributed by atoms with Crippen LogP contribution in [0.25, 0.3) is 0 Å². The number of aliphatic hydroxyl groups is 1. The molecule has 0 atom stereocenters. The van der Waals surface area contributed by atoms with Crippen molar-refractivity contribution in [3.63, 3.8) is 0 Å². The Kier molecular flexibility index (Phi) is 3.03. The SMILES string of the molecule is CC1CC(CO)(Nc2ccccc2Br)C1. The Bertz CT molecular complexity index is 347. The van der Waals surface area contributed by atoms with Gasteiger partial charge in [0.2, 0.25) is 0 Å². The van der Waals surface area contributed by atoms with Gasteiger partial charge in [-0.1, -0.05) is 19.1 Å². The molecule has 82 valence electrons. The van der Waals surface area contributed by atoms with Gasteiger partial charge >= 0.3 is 0 Å². The van der Waals surface area contributed by atoms with E-state index < -0.39 is 0 Å². The van der Waals surface area contributed by atoms with Gasteiger partial charge in [-0.2, -0.15) is 0 Å². The summed E-state index contributed by atoms with van der Waals surface area (Å²) < 4.78 is 1.05. The van der Waals surface area contributed by atoms with Crippen LogP contribution in [-0.4, -0.2) is 17.3 Å². The Hall–Kier alpha value is -0.540. The second-order valence-electron chi connectivity index (χ2n) is 4.56. The molecule has 0 amide bonds. The van der Waals surface area contributed by atoms with E-state index in [-0.39, 0.29) is 12.1 Å². The van der Waals surface area contributed by atoms with Gasteiger partial charge in [-0.15, -0.1) is 0 Å². The highest BCUT2D eigenvalue weighted by Crippen LogP contribution is 2.40. The van der Waals surface area contributed by atoms with Gasteiger partial charge in [0, 0.05) is 10.2 Å². The molecule has 3 heteroatoms. The number of hydrogen-bond donors (Lipinski definition) is 2. The summed E-state index contributed by atoms with van der Waals surface area (Å²) in [5.74, 6) is 0.715. The van der Waals surface area contributed by atoms with Crippen molar-refractivity contribution in [3.8, 4) is 0 Å². The largest absolute Gasteiger partial charge is 0.394 e. The monoisotopic (exact) mass is 269 g/mol. The fourth-order valence-electron chi connectivity index (χ4n) is 2.39. The first-order valence-electron chi connectivity index (χ1n) is 5.29. The summed E-state index contributed by atoms with van der Waals surface area (Å²) in [5.41, 5.74) is 0.974. The summed E-state index contributed by atoms with van der Waals surface area (Å²) in [5, 5.41) is 12.9. The van der Waals surface area contributed by atoms with E-state index in [4.69, 9.17) is 0 Å². The van der Waals surface area contributed by atoms with E-state index in [1.165, 1.54) is 0 Å². The van der Waals surface area contributed by atoms with E-state index in [9.17, 15) is 5.11 Å². The summed E-state index contributed by atoms with van der Waals surface area (Å²) in [6.45, 7) is 2.42. The molecule has 0 unspecified atom stereocenters. The van der Waals surface area contributed by atoms with E-state index in [1.54, 1.807) is 0 Å². The van der Waals surface area contributed by atoms with Gasteiger partial charge in [-0.3, -0.25) is 0 Å². The Morgan fingerprint density at radius 3 is 2.67 bits per heavy atom. The molecule has 0 heterocycles. The Balaban J connectivity index is 2.11. The maximum absolute atomic E-state index is 9.43. The summed E-state index contributed by atoms with van der Waals surface area (Å²) in [6, 6.07) is 8.03. The van der Waals surface area contributed by atoms with Crippen molar-refractivity contribution in [2.45, 2.75) is 25.3 Å². The van der Waals surface area contributed by atoms with Crippen LogP contribution >= 0.6 is 15.9 Å². The van der Waals surface area contributed by atoms with E-state index in [0.29, 0.717) is 5.92 Å². The molecule has 0 radical (unpaired) electrons. The maximum atomic E-state index is 9.43. The molecule has 2 N–H and O–H groups in total. The van der Waals surface area contributed by atoms with Crippen LogP contribution in [0.3, 0.4) is 0 Å². The molecule has 1 saturated carbocycles. The normalized spacial score (nSPS) is 29.7. The smallest absolute Gasteiger partial charge is 0.0661 e. The van der Waals surface area contributed by atoms with Gasteiger partial charge in [-0.25, -0.2) is 0 Å². The molecule has 1 aromatic rings. The van der Waals surface area contributed by atoms with Crippen LogP contribution in [0.5, 0.6) is 0 Å². The van der Waals surface area contributed by atoms with Crippen molar-refractivity contribution in [1.29, 1.82) is 0 Å². The van der Waals surface area contributed by atoms with Crippen molar-refractivity contribution in [1.82, 2.24) is 0 Å². The molecule has 1 aliphatic carbocycles. The summed E-state index contributed by atoms with van der Waals surface area (Å²) in [6.07, 6.45) is 2.09. The van der Waals surface area contributed by atoms with Crippen molar-refractivity contribution in [3.05, 3.63) is 28.7 Å². The van der Waals surface area contributed by atoms with Crippen molar-refractivity contribution in [2.24, 2.45) is 5.92 Å². The minimum atomic E-state index is -0.0940. The number of hydrogen-bond acceptors (Lipinski definition) is 2. The summed E-state index contributed by atoms with van der Waals surface area (Å²) in [4.78, 5) is 0. The molecule has 0 spiro atoms. The van der Waals surface area contributed by atoms with E-state index in [2.05, 4.69) is 28.2 Å². The summed E-state index contributed by atoms with van der Waals surface area (Å²) >= 11 is 3.50. The zero-order valence-electron chi connectivity index (χ0n) is 8.83. The van der Waals surface area contributed by atoms with Gasteiger partial charge in [0.15, 0.2) is 0 Å². The van der Waals surface area contributed by atoms with Crippen LogP contribution < -0.4 is 5.32 Å². The van der Waals surface area contributed by atoms with E-state index >= 15 is 0 Å². The highest BCUT2D eigenvalue weighted by atomic mass is 79.9. The second kappa shape index (κ2) is 4.14. The molecule has 1 aromatic carbocycles. The van der Waals surface area contributed by atoms with Crippen molar-refractivity contribution in [2.75, 3.05) is 11.9 Å². The highest BCUT2D eigenvalue weighted by Gasteiger charge is 2.41. The maximum Gasteiger partial charge on any atom is 0.0661 e. The molecule has 0 aliphatic heterocycles. The minimum absolute atomic E-state index is 0.0940. The molecule has 2 rings (SSSR count). The lowest BCUT2D eigenvalue weighted by Crippen LogP contribution is -2.52. The van der Waals surface area contributed by atoms with Crippen LogP contribution in [0.2, 0.25) is 0 Å². The fraction of sp³-hybridized carbons (Fsp3) is 0.500. The predicted octanol–water partition coefficient (Wildman–Crippen LogP) is 3.02. The van der Waals surface area contributed by atoms with Gasteiger partial charge in [0.1, 0.15) is 0 Å². The molecule has 0 bridgehead atoms. The van der Waals surface area contributed by atoms with E-state index in [1.807, 2.05) is 24.3 Å². The number of halogens is 1. The number of rotatable bonds is 3. The second-order valence-corrected chi connectivity index (χ2v) is 5.41. The zero-order valence-corrected chi connectivity index (χ0v) is 10.4. The Labute approximate surface area is 98.8 Å². The minimum Gasteiger partial charge on any atom is -0.394 e. The van der Waals surface area contributed by atoms with Crippen LogP contribution in [0, 0.1) is 5.92 Å². The highest BCUT2D eigenvalue weighted by molar-refractivity contribution is 9.10. The molecule has 2 nitrogen and oxygen atoms in total. The lowest BCUT2D eigenvalue weighted by molar-refractivity contribution is 0.0992. The quantitative estimate of drug-likeness (QED) is 0.884. The summed E-state index contributed by atoms with van der Waals surface area (Å²) in [7, 11) is 0. The first-order valence-corrected chi connectivity index (χ1v) is 6.08. The molecular formula is C12H16BrNO. The predicted molar refractivity (Wildman–Crippen MR) is 66.0 cm³/mol. The molecule has 1 aliphatic rings. The van der Waals surface area contributed by atoms with Gasteiger partial charge < -0.3 is 10.4 Å². The number of aliphatic hydroxyl groups excluding tert-OH is 1. The van der Waals surface area contributed by atoms with E-state index in [0.717, 1.165) is 23.0 Å². The van der Waals surface area contributed by atoms with Crippen LogP contribution in [0.15, 0.2) is 28.7 Å². The Morgan fingerprint density at radius 1 is 1.47 bits per heavy atom. The third-order valence-corrected chi connectivity index (χ3v) is 3.75. The van der Waals surface area contributed by atoms with Crippen molar-refractivity contribution < 1.29 is 5.11 Å². The fourth-order valence-corrected chi connectivity index (χ4v) is 2.78. The van der Waals surface area contributed by atoms with Gasteiger partial charge in [0.25, 0.3) is 0 Å². The lowest BCUT2D eigenvalue weighted by Gasteiger charge is -2.46. The Morgan fingerprint density at radius 2 is 2.13 bits per heavy atom. The molecule has 0 aromatic heterocycles. The molecule has 1 fully saturated rings. The molecular weight excluding hydrogens is 254 g/mol. The third kappa shape index (κ3) is 2.18. The lowest BCUT2D eigenvalue weighted by atomic mass is 9.69. The van der Waals surface area contributed by atoms with Gasteiger partial charge in [0.05, 0.1) is 12.1 Å². The van der Waals surface area contributed by atoms with Crippen LogP contribution in [-0.2, 0) is 0 Å². The number of para-hydroxylation sites is 1. The first kappa shape index (κ1) is 11.0. The molecule has 0 saturated heterocycles. The number of benzene rings is 1. The van der Waals surface area contributed by atoms with Crippen LogP contribution in [0.4, 0.5) is 5.69 Å². The van der Waals surface area contributed by atoms with Gasteiger partial charge in [-0.05, 0) is 46.8 Å². The standard InChI is InChI=1S/C12H16BrNO/c1-9-6-12(7-9,8-15)14-11-5-3-2-4-10(11)13/h2-5,9,14-15H,6-8H2,1H3. The topological polar surface area (TPSA) is 32.3 Å². The number of anilines is 1. The average molecular weight is 270 g/mol. The third-order valence-electron chi connectivity index (χ3n) is 3.05. The average Bonchev–Trinajstić information content (AvgIpc) is 2.18. The number of nitrogens with one attached hydrogen (secondary N) is 1. The van der Waals surface area contributed by atoms with Crippen molar-refractivity contribution >= 4 is 21.6 Å². The zero-order chi connectivity index (χ0) is 10.9.